The second kappa shape index (κ2) is 7.20. The maximum absolute atomic E-state index is 12.9. The maximum atomic E-state index is 12.9. The van der Waals surface area contributed by atoms with Crippen LogP contribution >= 0.6 is 23.2 Å². The van der Waals surface area contributed by atoms with Crippen molar-refractivity contribution in [3.05, 3.63) is 33.8 Å². The van der Waals surface area contributed by atoms with E-state index in [-0.39, 0.29) is 5.78 Å². The van der Waals surface area contributed by atoms with E-state index in [4.69, 9.17) is 27.9 Å². The summed E-state index contributed by atoms with van der Waals surface area (Å²) in [4.78, 5) is 27.3. The van der Waals surface area contributed by atoms with E-state index in [1.165, 1.54) is 6.07 Å². The Morgan fingerprint density at radius 1 is 1.13 bits per heavy atom. The van der Waals surface area contributed by atoms with E-state index >= 15 is 0 Å². The van der Waals surface area contributed by atoms with Gasteiger partial charge in [-0.25, -0.2) is 4.79 Å². The Balaban J connectivity index is 2.30. The molecule has 1 atom stereocenters. The van der Waals surface area contributed by atoms with Gasteiger partial charge in [-0.3, -0.25) is 9.69 Å². The second-order valence-corrected chi connectivity index (χ2v) is 7.49. The van der Waals surface area contributed by atoms with Crippen LogP contribution in [0.3, 0.4) is 0 Å². The highest BCUT2D eigenvalue weighted by molar-refractivity contribution is 6.42. The summed E-state index contributed by atoms with van der Waals surface area (Å²) in [6.07, 6.45) is 1.93. The van der Waals surface area contributed by atoms with Crippen LogP contribution in [0.2, 0.25) is 10.0 Å². The third-order valence-electron chi connectivity index (χ3n) is 3.59. The lowest BCUT2D eigenvalue weighted by Crippen LogP contribution is -2.48. The minimum atomic E-state index is -0.936. The fraction of sp³-hybridized carbons (Fsp3) is 0.529. The van der Waals surface area contributed by atoms with Crippen molar-refractivity contribution in [1.82, 2.24) is 4.90 Å². The number of carbonyl (C=O) groups excluding carboxylic acids is 2. The monoisotopic (exact) mass is 357 g/mol. The fourth-order valence-corrected chi connectivity index (χ4v) is 2.88. The van der Waals surface area contributed by atoms with Crippen molar-refractivity contribution in [3.63, 3.8) is 0 Å². The summed E-state index contributed by atoms with van der Waals surface area (Å²) in [7, 11) is 0. The van der Waals surface area contributed by atoms with E-state index in [9.17, 15) is 9.59 Å². The Bertz CT molecular complexity index is 604. The number of benzene rings is 1. The normalized spacial score (nSPS) is 17.1. The largest absolute Gasteiger partial charge is 0.458 e. The van der Waals surface area contributed by atoms with Gasteiger partial charge in [-0.1, -0.05) is 23.2 Å². The van der Waals surface area contributed by atoms with E-state index in [1.807, 2.05) is 4.90 Å². The zero-order chi connectivity index (χ0) is 17.2. The molecule has 23 heavy (non-hydrogen) atoms. The Labute approximate surface area is 146 Å². The summed E-state index contributed by atoms with van der Waals surface area (Å²) in [5.74, 6) is -0.824. The second-order valence-electron chi connectivity index (χ2n) is 6.67. The fourth-order valence-electron chi connectivity index (χ4n) is 2.59. The standard InChI is InChI=1S/C17H21Cl2NO3/c1-17(2,3)23-16(22)14(20-8-4-5-9-20)15(21)11-6-7-12(18)13(19)10-11/h6-7,10,14H,4-5,8-9H2,1-3H3. The van der Waals surface area contributed by atoms with Crippen molar-refractivity contribution in [2.24, 2.45) is 0 Å². The molecule has 1 aliphatic rings. The number of rotatable bonds is 4. The zero-order valence-electron chi connectivity index (χ0n) is 13.6. The molecule has 0 aromatic heterocycles. The van der Waals surface area contributed by atoms with Gasteiger partial charge in [-0.15, -0.1) is 0 Å². The predicted molar refractivity (Wildman–Crippen MR) is 91.2 cm³/mol. The molecule has 0 N–H and O–H groups in total. The lowest BCUT2D eigenvalue weighted by molar-refractivity contribution is -0.158. The highest BCUT2D eigenvalue weighted by atomic mass is 35.5. The lowest BCUT2D eigenvalue weighted by atomic mass is 10.0. The molecule has 0 spiro atoms. The summed E-state index contributed by atoms with van der Waals surface area (Å²) < 4.78 is 5.45. The average molecular weight is 358 g/mol. The highest BCUT2D eigenvalue weighted by Crippen LogP contribution is 2.25. The van der Waals surface area contributed by atoms with E-state index in [0.717, 1.165) is 12.8 Å². The summed E-state index contributed by atoms with van der Waals surface area (Å²) in [5.41, 5.74) is -0.283. The van der Waals surface area contributed by atoms with Crippen LogP contribution in [0.1, 0.15) is 44.0 Å². The molecular weight excluding hydrogens is 337 g/mol. The molecule has 1 unspecified atom stereocenters. The maximum Gasteiger partial charge on any atom is 0.332 e. The smallest absolute Gasteiger partial charge is 0.332 e. The molecule has 1 heterocycles. The van der Waals surface area contributed by atoms with Gasteiger partial charge < -0.3 is 4.74 Å². The van der Waals surface area contributed by atoms with Crippen LogP contribution in [-0.4, -0.2) is 41.4 Å². The summed E-state index contributed by atoms with van der Waals surface area (Å²) >= 11 is 11.9. The number of likely N-dealkylation sites (tertiary alicyclic amines) is 1. The molecule has 4 nitrogen and oxygen atoms in total. The van der Waals surface area contributed by atoms with Gasteiger partial charge in [-0.05, 0) is 64.9 Å². The van der Waals surface area contributed by atoms with E-state index in [1.54, 1.807) is 32.9 Å². The van der Waals surface area contributed by atoms with Crippen LogP contribution in [0.25, 0.3) is 0 Å². The van der Waals surface area contributed by atoms with E-state index in [2.05, 4.69) is 0 Å². The quantitative estimate of drug-likeness (QED) is 0.464. The molecule has 0 aliphatic carbocycles. The SMILES string of the molecule is CC(C)(C)OC(=O)C(C(=O)c1ccc(Cl)c(Cl)c1)N1CCCC1. The van der Waals surface area contributed by atoms with Crippen LogP contribution in [0.15, 0.2) is 18.2 Å². The first-order valence-corrected chi connectivity index (χ1v) is 8.41. The molecule has 0 amide bonds. The molecule has 0 saturated carbocycles. The van der Waals surface area contributed by atoms with Crippen molar-refractivity contribution < 1.29 is 14.3 Å². The molecule has 6 heteroatoms. The number of halogens is 2. The number of nitrogens with zero attached hydrogens (tertiary/aromatic N) is 1. The number of ketones is 1. The van der Waals surface area contributed by atoms with E-state index in [0.29, 0.717) is 28.7 Å². The van der Waals surface area contributed by atoms with Crippen LogP contribution in [0, 0.1) is 0 Å². The van der Waals surface area contributed by atoms with Crippen LogP contribution < -0.4 is 0 Å². The molecule has 1 aromatic carbocycles. The number of hydrogen-bond acceptors (Lipinski definition) is 4. The van der Waals surface area contributed by atoms with Crippen molar-refractivity contribution in [2.75, 3.05) is 13.1 Å². The van der Waals surface area contributed by atoms with Gasteiger partial charge in [0.05, 0.1) is 10.0 Å². The minimum Gasteiger partial charge on any atom is -0.458 e. The molecule has 1 fully saturated rings. The minimum absolute atomic E-state index is 0.293. The molecule has 1 aromatic rings. The lowest BCUT2D eigenvalue weighted by Gasteiger charge is -2.28. The Morgan fingerprint density at radius 3 is 2.26 bits per heavy atom. The predicted octanol–water partition coefficient (Wildman–Crippen LogP) is 3.98. The van der Waals surface area contributed by atoms with Gasteiger partial charge in [0.1, 0.15) is 5.60 Å². The molecule has 126 valence electrons. The first-order chi connectivity index (χ1) is 10.7. The van der Waals surface area contributed by atoms with Crippen molar-refractivity contribution in [2.45, 2.75) is 45.3 Å². The summed E-state index contributed by atoms with van der Waals surface area (Å²) in [5, 5.41) is 0.667. The number of hydrogen-bond donors (Lipinski definition) is 0. The van der Waals surface area contributed by atoms with Crippen LogP contribution in [0.5, 0.6) is 0 Å². The van der Waals surface area contributed by atoms with Gasteiger partial charge in [0, 0.05) is 5.56 Å². The zero-order valence-corrected chi connectivity index (χ0v) is 15.1. The van der Waals surface area contributed by atoms with Crippen LogP contribution in [-0.2, 0) is 9.53 Å². The van der Waals surface area contributed by atoms with Gasteiger partial charge in [0.15, 0.2) is 11.8 Å². The molecule has 1 aliphatic heterocycles. The number of esters is 1. The Kier molecular flexibility index (Phi) is 5.71. The third-order valence-corrected chi connectivity index (χ3v) is 4.33. The van der Waals surface area contributed by atoms with E-state index < -0.39 is 17.6 Å². The number of Topliss-reactive ketones (excluding diaryl/α,β-unsaturated/α-hetero) is 1. The van der Waals surface area contributed by atoms with Crippen LogP contribution in [0.4, 0.5) is 0 Å². The van der Waals surface area contributed by atoms with Gasteiger partial charge >= 0.3 is 5.97 Å². The third kappa shape index (κ3) is 4.69. The highest BCUT2D eigenvalue weighted by Gasteiger charge is 2.38. The number of ether oxygens (including phenoxy) is 1. The molecule has 1 saturated heterocycles. The summed E-state index contributed by atoms with van der Waals surface area (Å²) in [6, 6.07) is 3.71. The van der Waals surface area contributed by atoms with Crippen molar-refractivity contribution in [1.29, 1.82) is 0 Å². The Morgan fingerprint density at radius 2 is 1.74 bits per heavy atom. The first kappa shape index (κ1) is 18.2. The molecule has 2 rings (SSSR count). The topological polar surface area (TPSA) is 46.6 Å². The van der Waals surface area contributed by atoms with Crippen molar-refractivity contribution >= 4 is 35.0 Å². The summed E-state index contributed by atoms with van der Waals surface area (Å²) in [6.45, 7) is 6.77. The molecule has 0 bridgehead atoms. The van der Waals surface area contributed by atoms with Crippen molar-refractivity contribution in [3.8, 4) is 0 Å². The molecular formula is C17H21Cl2NO3. The van der Waals surface area contributed by atoms with Gasteiger partial charge in [0.25, 0.3) is 0 Å². The molecule has 0 radical (unpaired) electrons. The number of carbonyl (C=O) groups is 2. The Hall–Kier alpha value is -1.10. The van der Waals surface area contributed by atoms with Gasteiger partial charge in [0.2, 0.25) is 0 Å². The first-order valence-electron chi connectivity index (χ1n) is 7.65. The van der Waals surface area contributed by atoms with Gasteiger partial charge in [-0.2, -0.15) is 0 Å². The average Bonchev–Trinajstić information content (AvgIpc) is 2.93.